The lowest BCUT2D eigenvalue weighted by Gasteiger charge is -2.16. The van der Waals surface area contributed by atoms with E-state index in [9.17, 15) is 9.90 Å². The fraction of sp³-hybridized carbons (Fsp3) is 0.929. The van der Waals surface area contributed by atoms with Crippen LogP contribution in [0, 0.1) is 11.8 Å². The number of hydrogen-bond acceptors (Lipinski definition) is 3. The molecule has 0 radical (unpaired) electrons. The summed E-state index contributed by atoms with van der Waals surface area (Å²) in [6.45, 7) is 6.59. The maximum absolute atomic E-state index is 11.7. The molecule has 0 aromatic heterocycles. The average molecular weight is 273 g/mol. The average Bonchev–Trinajstić information content (AvgIpc) is 2.61. The first kappa shape index (κ1) is 15.8. The third kappa shape index (κ3) is 7.27. The van der Waals surface area contributed by atoms with E-state index in [-0.39, 0.29) is 5.91 Å². The Balaban J connectivity index is 2.00. The Morgan fingerprint density at radius 3 is 2.72 bits per heavy atom. The van der Waals surface area contributed by atoms with Gasteiger partial charge in [0.15, 0.2) is 0 Å². The molecular weight excluding hydrogens is 246 g/mol. The van der Waals surface area contributed by atoms with E-state index in [0.717, 1.165) is 11.7 Å². The van der Waals surface area contributed by atoms with Gasteiger partial charge in [0.05, 0.1) is 5.60 Å². The summed E-state index contributed by atoms with van der Waals surface area (Å²) < 4.78 is 0. The van der Waals surface area contributed by atoms with Gasteiger partial charge in [-0.15, -0.1) is 0 Å². The highest BCUT2D eigenvalue weighted by atomic mass is 32.2. The standard InChI is InChI=1S/C14H27NO2S/c1-11-4-5-12(8-11)9-13(16)15-6-7-18-10-14(2,3)17/h11-12,17H,4-10H2,1-3H3,(H,15,16)/t11-,12-/m1/s1. The van der Waals surface area contributed by atoms with Gasteiger partial charge >= 0.3 is 0 Å². The van der Waals surface area contributed by atoms with Crippen molar-refractivity contribution >= 4 is 17.7 Å². The normalized spacial score (nSPS) is 24.2. The van der Waals surface area contributed by atoms with E-state index in [1.165, 1.54) is 19.3 Å². The fourth-order valence-corrected chi connectivity index (χ4v) is 3.32. The SMILES string of the molecule is C[C@@H]1CC[C@@H](CC(=O)NCCSCC(C)(C)O)C1. The predicted molar refractivity (Wildman–Crippen MR) is 77.8 cm³/mol. The van der Waals surface area contributed by atoms with Gasteiger partial charge in [-0.25, -0.2) is 0 Å². The number of carbonyl (C=O) groups excluding carboxylic acids is 1. The lowest BCUT2D eigenvalue weighted by atomic mass is 10.0. The zero-order chi connectivity index (χ0) is 13.6. The molecular formula is C14H27NO2S. The van der Waals surface area contributed by atoms with E-state index >= 15 is 0 Å². The molecule has 1 rings (SSSR count). The van der Waals surface area contributed by atoms with Crippen LogP contribution in [0.3, 0.4) is 0 Å². The zero-order valence-electron chi connectivity index (χ0n) is 11.9. The van der Waals surface area contributed by atoms with Crippen LogP contribution in [0.2, 0.25) is 0 Å². The Kier molecular flexibility index (Phi) is 6.50. The van der Waals surface area contributed by atoms with Crippen molar-refractivity contribution in [3.63, 3.8) is 0 Å². The van der Waals surface area contributed by atoms with Crippen LogP contribution in [-0.4, -0.2) is 34.7 Å². The van der Waals surface area contributed by atoms with Crippen LogP contribution in [-0.2, 0) is 4.79 Å². The number of aliphatic hydroxyl groups is 1. The van der Waals surface area contributed by atoms with E-state index in [1.54, 1.807) is 25.6 Å². The Hall–Kier alpha value is -0.220. The molecule has 0 aromatic rings. The monoisotopic (exact) mass is 273 g/mol. The summed E-state index contributed by atoms with van der Waals surface area (Å²) >= 11 is 1.68. The molecule has 0 aliphatic heterocycles. The van der Waals surface area contributed by atoms with E-state index in [1.807, 2.05) is 0 Å². The first-order valence-corrected chi connectivity index (χ1v) is 8.09. The molecule has 0 unspecified atom stereocenters. The second-order valence-electron chi connectivity index (χ2n) is 6.20. The minimum Gasteiger partial charge on any atom is -0.390 e. The molecule has 0 heterocycles. The molecule has 18 heavy (non-hydrogen) atoms. The molecule has 4 heteroatoms. The number of rotatable bonds is 7. The van der Waals surface area contributed by atoms with Crippen molar-refractivity contribution in [1.82, 2.24) is 5.32 Å². The molecule has 0 bridgehead atoms. The van der Waals surface area contributed by atoms with Crippen molar-refractivity contribution in [2.24, 2.45) is 11.8 Å². The molecule has 1 aliphatic rings. The smallest absolute Gasteiger partial charge is 0.220 e. The van der Waals surface area contributed by atoms with Gasteiger partial charge in [0.2, 0.25) is 5.91 Å². The molecule has 0 spiro atoms. The molecule has 3 nitrogen and oxygen atoms in total. The van der Waals surface area contributed by atoms with Crippen molar-refractivity contribution < 1.29 is 9.90 Å². The van der Waals surface area contributed by atoms with Gasteiger partial charge in [0, 0.05) is 24.5 Å². The summed E-state index contributed by atoms with van der Waals surface area (Å²) in [7, 11) is 0. The summed E-state index contributed by atoms with van der Waals surface area (Å²) in [4.78, 5) is 11.7. The summed E-state index contributed by atoms with van der Waals surface area (Å²) in [5, 5.41) is 12.5. The summed E-state index contributed by atoms with van der Waals surface area (Å²) in [5.41, 5.74) is -0.616. The highest BCUT2D eigenvalue weighted by Gasteiger charge is 2.23. The molecule has 2 N–H and O–H groups in total. The molecule has 2 atom stereocenters. The van der Waals surface area contributed by atoms with Crippen molar-refractivity contribution in [3.05, 3.63) is 0 Å². The first-order chi connectivity index (χ1) is 8.37. The molecule has 1 saturated carbocycles. The highest BCUT2D eigenvalue weighted by molar-refractivity contribution is 7.99. The zero-order valence-corrected chi connectivity index (χ0v) is 12.7. The Morgan fingerprint density at radius 2 is 2.17 bits per heavy atom. The minimum absolute atomic E-state index is 0.193. The van der Waals surface area contributed by atoms with Crippen molar-refractivity contribution in [2.75, 3.05) is 18.1 Å². The van der Waals surface area contributed by atoms with Gasteiger partial charge in [-0.3, -0.25) is 4.79 Å². The van der Waals surface area contributed by atoms with Gasteiger partial charge in [0.1, 0.15) is 0 Å². The molecule has 0 saturated heterocycles. The number of carbonyl (C=O) groups is 1. The topological polar surface area (TPSA) is 49.3 Å². The first-order valence-electron chi connectivity index (χ1n) is 6.93. The third-order valence-electron chi connectivity index (χ3n) is 3.30. The summed E-state index contributed by atoms with van der Waals surface area (Å²) in [6, 6.07) is 0. The molecule has 106 valence electrons. The van der Waals surface area contributed by atoms with Gasteiger partial charge in [-0.05, 0) is 38.5 Å². The number of amides is 1. The van der Waals surface area contributed by atoms with Crippen LogP contribution in [0.5, 0.6) is 0 Å². The largest absolute Gasteiger partial charge is 0.390 e. The van der Waals surface area contributed by atoms with Gasteiger partial charge < -0.3 is 10.4 Å². The maximum Gasteiger partial charge on any atom is 0.220 e. The Bertz CT molecular complexity index is 263. The van der Waals surface area contributed by atoms with Gasteiger partial charge in [-0.1, -0.05) is 13.3 Å². The summed E-state index contributed by atoms with van der Waals surface area (Å²) in [5.74, 6) is 3.17. The quantitative estimate of drug-likeness (QED) is 0.700. The molecule has 1 aliphatic carbocycles. The van der Waals surface area contributed by atoms with Crippen LogP contribution in [0.1, 0.15) is 46.5 Å². The van der Waals surface area contributed by atoms with Crippen LogP contribution in [0.15, 0.2) is 0 Å². The van der Waals surface area contributed by atoms with E-state index < -0.39 is 5.60 Å². The lowest BCUT2D eigenvalue weighted by molar-refractivity contribution is -0.121. The lowest BCUT2D eigenvalue weighted by Crippen LogP contribution is -2.28. The number of nitrogens with one attached hydrogen (secondary N) is 1. The number of thioether (sulfide) groups is 1. The number of hydrogen-bond donors (Lipinski definition) is 2. The minimum atomic E-state index is -0.616. The second kappa shape index (κ2) is 7.39. The molecule has 1 amide bonds. The maximum atomic E-state index is 11.7. The Morgan fingerprint density at radius 1 is 1.44 bits per heavy atom. The van der Waals surface area contributed by atoms with Crippen molar-refractivity contribution in [3.8, 4) is 0 Å². The second-order valence-corrected chi connectivity index (χ2v) is 7.31. The van der Waals surface area contributed by atoms with Crippen LogP contribution in [0.25, 0.3) is 0 Å². The van der Waals surface area contributed by atoms with Crippen LogP contribution < -0.4 is 5.32 Å². The Labute approximate surface area is 115 Å². The van der Waals surface area contributed by atoms with E-state index in [4.69, 9.17) is 0 Å². The molecule has 0 aromatic carbocycles. The third-order valence-corrected chi connectivity index (χ3v) is 4.70. The highest BCUT2D eigenvalue weighted by Crippen LogP contribution is 2.32. The molecule has 1 fully saturated rings. The van der Waals surface area contributed by atoms with Crippen LogP contribution >= 0.6 is 11.8 Å². The van der Waals surface area contributed by atoms with Gasteiger partial charge in [-0.2, -0.15) is 11.8 Å². The fourth-order valence-electron chi connectivity index (χ4n) is 2.43. The van der Waals surface area contributed by atoms with Crippen molar-refractivity contribution in [2.45, 2.75) is 52.1 Å². The van der Waals surface area contributed by atoms with Gasteiger partial charge in [0.25, 0.3) is 0 Å². The van der Waals surface area contributed by atoms with E-state index in [2.05, 4.69) is 12.2 Å². The summed E-state index contributed by atoms with van der Waals surface area (Å²) in [6.07, 6.45) is 4.39. The predicted octanol–water partition coefficient (Wildman–Crippen LogP) is 2.43. The van der Waals surface area contributed by atoms with E-state index in [0.29, 0.717) is 24.6 Å². The van der Waals surface area contributed by atoms with Crippen LogP contribution in [0.4, 0.5) is 0 Å². The van der Waals surface area contributed by atoms with Crippen molar-refractivity contribution in [1.29, 1.82) is 0 Å².